The summed E-state index contributed by atoms with van der Waals surface area (Å²) in [5.41, 5.74) is 2.03. The first-order chi connectivity index (χ1) is 8.66. The molecule has 0 atom stereocenters. The van der Waals surface area contributed by atoms with E-state index in [-0.39, 0.29) is 0 Å². The van der Waals surface area contributed by atoms with Crippen molar-refractivity contribution in [1.82, 2.24) is 4.98 Å². The lowest BCUT2D eigenvalue weighted by Crippen LogP contribution is -2.24. The molecule has 0 saturated heterocycles. The summed E-state index contributed by atoms with van der Waals surface area (Å²) in [5.74, 6) is 0.990. The van der Waals surface area contributed by atoms with Gasteiger partial charge in [0, 0.05) is 11.8 Å². The highest BCUT2D eigenvalue weighted by Crippen LogP contribution is 2.32. The molecular formula is C13H9Cl2N3. The van der Waals surface area contributed by atoms with Crippen molar-refractivity contribution in [3.63, 3.8) is 0 Å². The van der Waals surface area contributed by atoms with Crippen molar-refractivity contribution in [2.75, 3.05) is 4.90 Å². The molecule has 1 aromatic heterocycles. The van der Waals surface area contributed by atoms with Crippen LogP contribution < -0.4 is 4.90 Å². The van der Waals surface area contributed by atoms with Crippen molar-refractivity contribution in [3.05, 3.63) is 57.7 Å². The first-order valence-electron chi connectivity index (χ1n) is 5.42. The predicted molar refractivity (Wildman–Crippen MR) is 73.7 cm³/mol. The smallest absolute Gasteiger partial charge is 0.153 e. The lowest BCUT2D eigenvalue weighted by atomic mass is 10.1. The van der Waals surface area contributed by atoms with Gasteiger partial charge < -0.3 is 4.90 Å². The molecule has 1 aliphatic rings. The van der Waals surface area contributed by atoms with Crippen LogP contribution in [0.4, 0.5) is 5.82 Å². The molecule has 2 heterocycles. The number of halogens is 2. The van der Waals surface area contributed by atoms with Crippen molar-refractivity contribution in [2.45, 2.75) is 6.54 Å². The normalized spacial score (nSPS) is 13.9. The third kappa shape index (κ3) is 1.76. The van der Waals surface area contributed by atoms with E-state index in [9.17, 15) is 0 Å². The van der Waals surface area contributed by atoms with Gasteiger partial charge in [0.25, 0.3) is 0 Å². The topological polar surface area (TPSA) is 40.0 Å². The van der Waals surface area contributed by atoms with Crippen LogP contribution in [-0.4, -0.2) is 10.8 Å². The third-order valence-corrected chi connectivity index (χ3v) is 3.40. The van der Waals surface area contributed by atoms with Gasteiger partial charge in [-0.25, -0.2) is 4.98 Å². The van der Waals surface area contributed by atoms with Crippen molar-refractivity contribution < 1.29 is 0 Å². The number of hydrogen-bond donors (Lipinski definition) is 1. The highest BCUT2D eigenvalue weighted by Gasteiger charge is 2.27. The number of fused-ring (bicyclic) bond motifs is 1. The summed E-state index contributed by atoms with van der Waals surface area (Å²) in [6.07, 6.45) is 1.54. The first kappa shape index (κ1) is 11.5. The van der Waals surface area contributed by atoms with Crippen LogP contribution in [0.2, 0.25) is 10.0 Å². The van der Waals surface area contributed by atoms with E-state index >= 15 is 0 Å². The van der Waals surface area contributed by atoms with Gasteiger partial charge in [0.1, 0.15) is 5.84 Å². The minimum absolute atomic E-state index is 0.419. The van der Waals surface area contributed by atoms with Crippen molar-refractivity contribution in [1.29, 1.82) is 5.41 Å². The van der Waals surface area contributed by atoms with Gasteiger partial charge in [-0.1, -0.05) is 47.5 Å². The second-order valence-electron chi connectivity index (χ2n) is 4.05. The summed E-state index contributed by atoms with van der Waals surface area (Å²) in [4.78, 5) is 6.00. The van der Waals surface area contributed by atoms with Gasteiger partial charge in [-0.3, -0.25) is 5.41 Å². The van der Waals surface area contributed by atoms with Crippen LogP contribution in [0, 0.1) is 5.41 Å². The number of pyridine rings is 1. The Balaban J connectivity index is 2.04. The highest BCUT2D eigenvalue weighted by atomic mass is 35.5. The molecule has 0 bridgehead atoms. The van der Waals surface area contributed by atoms with Crippen molar-refractivity contribution in [3.8, 4) is 0 Å². The maximum Gasteiger partial charge on any atom is 0.153 e. The summed E-state index contributed by atoms with van der Waals surface area (Å²) in [6, 6.07) is 9.47. The second kappa shape index (κ2) is 4.26. The van der Waals surface area contributed by atoms with Crippen LogP contribution in [0.1, 0.15) is 11.1 Å². The zero-order valence-corrected chi connectivity index (χ0v) is 10.8. The summed E-state index contributed by atoms with van der Waals surface area (Å²) in [5, 5.41) is 9.12. The molecule has 5 heteroatoms. The van der Waals surface area contributed by atoms with E-state index in [4.69, 9.17) is 28.6 Å². The zero-order valence-electron chi connectivity index (χ0n) is 9.32. The number of hydrogen-bond acceptors (Lipinski definition) is 2. The maximum absolute atomic E-state index is 8.17. The largest absolute Gasteiger partial charge is 0.305 e. The molecule has 3 rings (SSSR count). The molecule has 1 aromatic carbocycles. The van der Waals surface area contributed by atoms with E-state index in [0.717, 1.165) is 11.1 Å². The van der Waals surface area contributed by atoms with E-state index in [1.54, 1.807) is 17.2 Å². The van der Waals surface area contributed by atoms with Gasteiger partial charge >= 0.3 is 0 Å². The maximum atomic E-state index is 8.17. The van der Waals surface area contributed by atoms with Crippen LogP contribution in [0.5, 0.6) is 0 Å². The molecular weight excluding hydrogens is 269 g/mol. The van der Waals surface area contributed by atoms with E-state index in [1.165, 1.54) is 0 Å². The number of nitrogens with one attached hydrogen (secondary N) is 1. The lowest BCUT2D eigenvalue weighted by molar-refractivity contribution is 1.01. The quantitative estimate of drug-likeness (QED) is 0.863. The van der Waals surface area contributed by atoms with E-state index in [0.29, 0.717) is 28.2 Å². The Morgan fingerprint density at radius 3 is 2.72 bits per heavy atom. The van der Waals surface area contributed by atoms with Crippen molar-refractivity contribution >= 4 is 34.9 Å². The van der Waals surface area contributed by atoms with Crippen LogP contribution in [-0.2, 0) is 6.54 Å². The number of aromatic nitrogens is 1. The molecule has 18 heavy (non-hydrogen) atoms. The van der Waals surface area contributed by atoms with E-state index in [1.807, 2.05) is 24.3 Å². The molecule has 0 amide bonds. The fraction of sp³-hybridized carbons (Fsp3) is 0.0769. The van der Waals surface area contributed by atoms with Gasteiger partial charge in [0.2, 0.25) is 0 Å². The summed E-state index contributed by atoms with van der Waals surface area (Å²) >= 11 is 12.0. The molecule has 0 aliphatic carbocycles. The van der Waals surface area contributed by atoms with Crippen LogP contribution >= 0.6 is 23.2 Å². The number of rotatable bonds is 1. The van der Waals surface area contributed by atoms with Gasteiger partial charge in [-0.05, 0) is 11.6 Å². The van der Waals surface area contributed by atoms with Crippen LogP contribution in [0.25, 0.3) is 0 Å². The second-order valence-corrected chi connectivity index (χ2v) is 4.89. The number of nitrogens with zero attached hydrogens (tertiary/aromatic N) is 2. The molecule has 0 fully saturated rings. The molecule has 0 saturated carbocycles. The minimum atomic E-state index is 0.419. The summed E-state index contributed by atoms with van der Waals surface area (Å²) in [6.45, 7) is 0.614. The average molecular weight is 278 g/mol. The predicted octanol–water partition coefficient (Wildman–Crippen LogP) is 3.73. The number of amidine groups is 1. The highest BCUT2D eigenvalue weighted by molar-refractivity contribution is 6.36. The molecule has 1 N–H and O–H groups in total. The molecule has 0 radical (unpaired) electrons. The van der Waals surface area contributed by atoms with Gasteiger partial charge in [-0.15, -0.1) is 0 Å². The van der Waals surface area contributed by atoms with Gasteiger partial charge in [0.05, 0.1) is 16.6 Å². The summed E-state index contributed by atoms with van der Waals surface area (Å²) < 4.78 is 0. The number of benzene rings is 1. The number of anilines is 1. The van der Waals surface area contributed by atoms with E-state index < -0.39 is 0 Å². The minimum Gasteiger partial charge on any atom is -0.305 e. The molecule has 2 aromatic rings. The Morgan fingerprint density at radius 2 is 2.00 bits per heavy atom. The monoisotopic (exact) mass is 277 g/mol. The van der Waals surface area contributed by atoms with Crippen LogP contribution in [0.15, 0.2) is 36.5 Å². The Kier molecular flexibility index (Phi) is 2.73. The van der Waals surface area contributed by atoms with Gasteiger partial charge in [0.15, 0.2) is 5.82 Å². The molecule has 0 spiro atoms. The van der Waals surface area contributed by atoms with Gasteiger partial charge in [-0.2, -0.15) is 0 Å². The molecule has 90 valence electrons. The Morgan fingerprint density at radius 1 is 1.22 bits per heavy atom. The average Bonchev–Trinajstić information content (AvgIpc) is 2.68. The first-order valence-corrected chi connectivity index (χ1v) is 6.18. The standard InChI is InChI=1S/C13H9Cl2N3/c14-9-5-11(15)13(17-6-9)18-7-8-3-1-2-4-10(8)12(18)16/h1-6,16H,7H2. The van der Waals surface area contributed by atoms with Crippen LogP contribution in [0.3, 0.4) is 0 Å². The Labute approximate surface area is 114 Å². The zero-order chi connectivity index (χ0) is 12.7. The Bertz CT molecular complexity index is 640. The van der Waals surface area contributed by atoms with E-state index in [2.05, 4.69) is 4.98 Å². The molecule has 1 aliphatic heterocycles. The lowest BCUT2D eigenvalue weighted by Gasteiger charge is -2.17. The SMILES string of the molecule is N=C1c2ccccc2CN1c1ncc(Cl)cc1Cl. The molecule has 3 nitrogen and oxygen atoms in total. The fourth-order valence-corrected chi connectivity index (χ4v) is 2.55. The summed E-state index contributed by atoms with van der Waals surface area (Å²) in [7, 11) is 0. The van der Waals surface area contributed by atoms with Crippen molar-refractivity contribution in [2.24, 2.45) is 0 Å². The third-order valence-electron chi connectivity index (χ3n) is 2.91. The Hall–Kier alpha value is -1.58. The fourth-order valence-electron chi connectivity index (χ4n) is 2.07. The molecule has 0 unspecified atom stereocenters.